The second-order valence-corrected chi connectivity index (χ2v) is 16.7. The molecular weight excluding hydrogens is 781 g/mol. The molecule has 0 aromatic heterocycles. The van der Waals surface area contributed by atoms with E-state index in [1.807, 2.05) is 88.4 Å². The average molecular weight is 839 g/mol. The van der Waals surface area contributed by atoms with Crippen LogP contribution in [0.1, 0.15) is 87.8 Å². The van der Waals surface area contributed by atoms with Crippen molar-refractivity contribution in [3.05, 3.63) is 89.5 Å². The maximum absolute atomic E-state index is 13.6. The summed E-state index contributed by atoms with van der Waals surface area (Å²) in [5, 5.41) is 11.2. The number of likely N-dealkylation sites (tertiary alicyclic amines) is 2. The maximum Gasteiger partial charge on any atom is 0.407 e. The fraction of sp³-hybridized carbons (Fsp3) is 0.478. The lowest BCUT2D eigenvalue weighted by Gasteiger charge is -2.30. The van der Waals surface area contributed by atoms with E-state index < -0.39 is 36.4 Å². The predicted molar refractivity (Wildman–Crippen MR) is 229 cm³/mol. The maximum atomic E-state index is 13.6. The number of carbonyl (C=O) groups is 6. The molecule has 15 heteroatoms. The molecule has 2 heterocycles. The number of anilines is 2. The van der Waals surface area contributed by atoms with Gasteiger partial charge in [0.05, 0.1) is 21.3 Å². The lowest BCUT2D eigenvalue weighted by Crippen LogP contribution is -2.54. The number of carbonyl (C=O) groups excluding carboxylic acids is 6. The van der Waals surface area contributed by atoms with E-state index in [1.165, 1.54) is 14.2 Å². The van der Waals surface area contributed by atoms with Crippen molar-refractivity contribution in [3.8, 4) is 5.75 Å². The number of ether oxygens (including phenoxy) is 3. The number of alkyl carbamates (subject to hydrolysis) is 2. The van der Waals surface area contributed by atoms with Gasteiger partial charge in [0.1, 0.15) is 29.9 Å². The summed E-state index contributed by atoms with van der Waals surface area (Å²) in [6, 6.07) is 20.7. The molecule has 0 radical (unpaired) electrons. The molecule has 0 bridgehead atoms. The number of nitrogens with one attached hydrogen (secondary N) is 4. The molecule has 3 fully saturated rings. The van der Waals surface area contributed by atoms with Gasteiger partial charge < -0.3 is 45.3 Å². The van der Waals surface area contributed by atoms with Gasteiger partial charge in [0.25, 0.3) is 0 Å². The third-order valence-corrected chi connectivity index (χ3v) is 12.1. The molecule has 3 aliphatic rings. The molecule has 6 rings (SSSR count). The van der Waals surface area contributed by atoms with Gasteiger partial charge in [0, 0.05) is 24.5 Å². The summed E-state index contributed by atoms with van der Waals surface area (Å²) in [5.74, 6) is -0.425. The number of methoxy groups -OCH3 is 3. The van der Waals surface area contributed by atoms with Crippen LogP contribution in [0.5, 0.6) is 5.75 Å². The van der Waals surface area contributed by atoms with E-state index in [-0.39, 0.29) is 53.2 Å². The van der Waals surface area contributed by atoms with Crippen molar-refractivity contribution in [2.75, 3.05) is 45.1 Å². The van der Waals surface area contributed by atoms with Crippen molar-refractivity contribution in [2.45, 2.75) is 95.3 Å². The zero-order valence-electron chi connectivity index (χ0n) is 35.9. The monoisotopic (exact) mass is 838 g/mol. The van der Waals surface area contributed by atoms with Crippen LogP contribution >= 0.6 is 0 Å². The van der Waals surface area contributed by atoms with Crippen LogP contribution in [0.2, 0.25) is 0 Å². The minimum atomic E-state index is -0.817. The van der Waals surface area contributed by atoms with Gasteiger partial charge in [-0.1, -0.05) is 64.1 Å². The summed E-state index contributed by atoms with van der Waals surface area (Å²) in [5.41, 5.74) is 4.58. The Hall–Kier alpha value is -6.12. The summed E-state index contributed by atoms with van der Waals surface area (Å²) in [6.07, 6.45) is 0.980. The Morgan fingerprint density at radius 2 is 0.885 bits per heavy atom. The summed E-state index contributed by atoms with van der Waals surface area (Å²) >= 11 is 0. The Morgan fingerprint density at radius 1 is 0.541 bits per heavy atom. The second kappa shape index (κ2) is 19.5. The molecule has 3 aromatic carbocycles. The van der Waals surface area contributed by atoms with E-state index in [2.05, 4.69) is 33.4 Å². The molecule has 4 N–H and O–H groups in total. The molecule has 0 spiro atoms. The standard InChI is InChI=1S/C46H58N6O9/c1-26(2)39(49-45(57)60-6)43(55)51-24-8-10-34(51)41(53)47-31-18-12-28(13-19-31)36-37(38(36)30-16-22-33(59-5)23-17-30)29-14-20-32(21-15-29)48-42(54)35-11-9-25-52(35)44(56)40(27(3)4)50-46(58)61-7/h12-23,26-27,34-40H,8-11,24-25H2,1-7H3,(H,47,53)(H,48,54)(H,49,57)(H,50,58). The molecular formula is C46H58N6O9. The zero-order chi connectivity index (χ0) is 44.0. The van der Waals surface area contributed by atoms with Crippen LogP contribution in [-0.4, -0.2) is 104 Å². The molecule has 1 aliphatic carbocycles. The Balaban J connectivity index is 1.14. The molecule has 6 unspecified atom stereocenters. The van der Waals surface area contributed by atoms with E-state index in [0.29, 0.717) is 50.1 Å². The van der Waals surface area contributed by atoms with Crippen LogP contribution in [-0.2, 0) is 28.7 Å². The minimum Gasteiger partial charge on any atom is -0.497 e. The largest absolute Gasteiger partial charge is 0.497 e. The van der Waals surface area contributed by atoms with Gasteiger partial charge in [-0.15, -0.1) is 0 Å². The summed E-state index contributed by atoms with van der Waals surface area (Å²) in [4.78, 5) is 81.2. The topological polar surface area (TPSA) is 185 Å². The highest BCUT2D eigenvalue weighted by Gasteiger charge is 2.52. The number of rotatable bonds is 14. The van der Waals surface area contributed by atoms with E-state index in [9.17, 15) is 28.8 Å². The average Bonchev–Trinajstić information content (AvgIpc) is 3.54. The fourth-order valence-corrected chi connectivity index (χ4v) is 8.77. The van der Waals surface area contributed by atoms with Crippen molar-refractivity contribution < 1.29 is 43.0 Å². The lowest BCUT2D eigenvalue weighted by atomic mass is 10.0. The first-order valence-electron chi connectivity index (χ1n) is 21.0. The number of amides is 6. The summed E-state index contributed by atoms with van der Waals surface area (Å²) in [7, 11) is 4.13. The third-order valence-electron chi connectivity index (χ3n) is 12.1. The number of benzene rings is 3. The fourth-order valence-electron chi connectivity index (χ4n) is 8.77. The highest BCUT2D eigenvalue weighted by Crippen LogP contribution is 2.66. The molecule has 2 saturated heterocycles. The lowest BCUT2D eigenvalue weighted by molar-refractivity contribution is -0.139. The highest BCUT2D eigenvalue weighted by atomic mass is 16.5. The predicted octanol–water partition coefficient (Wildman–Crippen LogP) is 5.98. The molecule has 61 heavy (non-hydrogen) atoms. The first kappa shape index (κ1) is 44.4. The zero-order valence-corrected chi connectivity index (χ0v) is 35.9. The smallest absolute Gasteiger partial charge is 0.407 e. The van der Waals surface area contributed by atoms with E-state index in [4.69, 9.17) is 14.2 Å². The Morgan fingerprint density at radius 3 is 1.20 bits per heavy atom. The first-order chi connectivity index (χ1) is 29.3. The first-order valence-corrected chi connectivity index (χ1v) is 21.0. The van der Waals surface area contributed by atoms with Gasteiger partial charge >= 0.3 is 12.2 Å². The van der Waals surface area contributed by atoms with Gasteiger partial charge in [0.2, 0.25) is 23.6 Å². The van der Waals surface area contributed by atoms with Gasteiger partial charge in [-0.2, -0.15) is 0 Å². The normalized spacial score (nSPS) is 21.6. The molecule has 1 saturated carbocycles. The van der Waals surface area contributed by atoms with Gasteiger partial charge in [-0.25, -0.2) is 9.59 Å². The third kappa shape index (κ3) is 10.1. The van der Waals surface area contributed by atoms with Crippen molar-refractivity contribution in [2.24, 2.45) is 11.8 Å². The Labute approximate surface area is 357 Å². The number of nitrogens with zero attached hydrogens (tertiary/aromatic N) is 2. The van der Waals surface area contributed by atoms with Gasteiger partial charge in [-0.05, 0) is 108 Å². The highest BCUT2D eigenvalue weighted by molar-refractivity contribution is 5.99. The van der Waals surface area contributed by atoms with Crippen LogP contribution in [0.15, 0.2) is 72.8 Å². The quantitative estimate of drug-likeness (QED) is 0.152. The Bertz CT molecular complexity index is 1930. The van der Waals surface area contributed by atoms with E-state index in [0.717, 1.165) is 22.4 Å². The molecule has 6 atom stereocenters. The van der Waals surface area contributed by atoms with Crippen molar-refractivity contribution >= 4 is 47.2 Å². The number of hydrogen-bond donors (Lipinski definition) is 4. The summed E-state index contributed by atoms with van der Waals surface area (Å²) in [6.45, 7) is 8.17. The van der Waals surface area contributed by atoms with Gasteiger partial charge in [0.15, 0.2) is 0 Å². The van der Waals surface area contributed by atoms with Crippen LogP contribution in [0.3, 0.4) is 0 Å². The summed E-state index contributed by atoms with van der Waals surface area (Å²) < 4.78 is 14.9. The van der Waals surface area contributed by atoms with Crippen LogP contribution in [0.25, 0.3) is 0 Å². The minimum absolute atomic E-state index is 0.127. The van der Waals surface area contributed by atoms with Crippen molar-refractivity contribution in [3.63, 3.8) is 0 Å². The van der Waals surface area contributed by atoms with Gasteiger partial charge in [-0.3, -0.25) is 19.2 Å². The molecule has 3 aromatic rings. The van der Waals surface area contributed by atoms with Crippen molar-refractivity contribution in [1.29, 1.82) is 0 Å². The van der Waals surface area contributed by atoms with Crippen LogP contribution < -0.4 is 26.0 Å². The second-order valence-electron chi connectivity index (χ2n) is 16.7. The van der Waals surface area contributed by atoms with E-state index >= 15 is 0 Å². The SMILES string of the molecule is COC(=O)NC(C(=O)N1CCCC1C(=O)Nc1ccc(C2C(c3ccc(NC(=O)C4CCCN4C(=O)C(NC(=O)OC)C(C)C)cc3)C2c2ccc(OC)cc2)cc1)C(C)C. The molecule has 2 aliphatic heterocycles. The Kier molecular flexibility index (Phi) is 14.2. The molecule has 326 valence electrons. The number of hydrogen-bond acceptors (Lipinski definition) is 9. The van der Waals surface area contributed by atoms with E-state index in [1.54, 1.807) is 16.9 Å². The molecule has 6 amide bonds. The van der Waals surface area contributed by atoms with Crippen molar-refractivity contribution in [1.82, 2.24) is 20.4 Å². The molecule has 15 nitrogen and oxygen atoms in total. The van der Waals surface area contributed by atoms with Crippen LogP contribution in [0.4, 0.5) is 21.0 Å². The van der Waals surface area contributed by atoms with Crippen LogP contribution in [0, 0.1) is 11.8 Å².